The molecule has 0 aliphatic carbocycles. The first-order valence-electron chi connectivity index (χ1n) is 7.37. The zero-order valence-corrected chi connectivity index (χ0v) is 15.6. The Kier molecular flexibility index (Phi) is 6.21. The number of halogens is 1. The lowest BCUT2D eigenvalue weighted by molar-refractivity contribution is 0.402. The molecule has 2 aromatic rings. The Morgan fingerprint density at radius 3 is 2.35 bits per heavy atom. The highest BCUT2D eigenvalue weighted by Crippen LogP contribution is 2.27. The second-order valence-electron chi connectivity index (χ2n) is 5.11. The summed E-state index contributed by atoms with van der Waals surface area (Å²) < 4.78 is 33.3. The van der Waals surface area contributed by atoms with Gasteiger partial charge in [0.05, 0.1) is 7.11 Å². The Morgan fingerprint density at radius 1 is 1.09 bits per heavy atom. The van der Waals surface area contributed by atoms with Crippen LogP contribution >= 0.6 is 15.9 Å². The zero-order valence-electron chi connectivity index (χ0n) is 13.2. The summed E-state index contributed by atoms with van der Waals surface area (Å²) in [5.41, 5.74) is 2.37. The van der Waals surface area contributed by atoms with Crippen molar-refractivity contribution in [3.05, 3.63) is 58.1 Å². The predicted octanol–water partition coefficient (Wildman–Crippen LogP) is 3.54. The second-order valence-corrected chi connectivity index (χ2v) is 7.76. The minimum absolute atomic E-state index is 0.135. The number of methoxy groups -OCH3 is 1. The van der Waals surface area contributed by atoms with Gasteiger partial charge in [0.2, 0.25) is 10.0 Å². The highest BCUT2D eigenvalue weighted by molar-refractivity contribution is 9.10. The molecule has 1 N–H and O–H groups in total. The lowest BCUT2D eigenvalue weighted by Crippen LogP contribution is -2.26. The van der Waals surface area contributed by atoms with Gasteiger partial charge in [-0.05, 0) is 42.2 Å². The van der Waals surface area contributed by atoms with Crippen molar-refractivity contribution < 1.29 is 13.2 Å². The first kappa shape index (κ1) is 18.0. The molecule has 0 atom stereocenters. The molecule has 0 unspecified atom stereocenters. The van der Waals surface area contributed by atoms with Gasteiger partial charge < -0.3 is 4.74 Å². The molecule has 0 bridgehead atoms. The SMILES string of the molecule is CCc1ccc(CCNS(=O)(=O)c2cc(Br)ccc2OC)cc1. The summed E-state index contributed by atoms with van der Waals surface area (Å²) in [5, 5.41) is 0. The smallest absolute Gasteiger partial charge is 0.244 e. The fourth-order valence-electron chi connectivity index (χ4n) is 2.21. The predicted molar refractivity (Wildman–Crippen MR) is 95.4 cm³/mol. The van der Waals surface area contributed by atoms with Crippen LogP contribution in [0.25, 0.3) is 0 Å². The minimum Gasteiger partial charge on any atom is -0.495 e. The fourth-order valence-corrected chi connectivity index (χ4v) is 3.95. The van der Waals surface area contributed by atoms with Crippen molar-refractivity contribution in [1.82, 2.24) is 4.72 Å². The number of rotatable bonds is 7. The molecule has 0 saturated carbocycles. The van der Waals surface area contributed by atoms with Crippen LogP contribution in [0.1, 0.15) is 18.1 Å². The molecular formula is C17H20BrNO3S. The summed E-state index contributed by atoms with van der Waals surface area (Å²) in [5.74, 6) is 0.327. The lowest BCUT2D eigenvalue weighted by Gasteiger charge is -2.11. The lowest BCUT2D eigenvalue weighted by atomic mass is 10.1. The fraction of sp³-hybridized carbons (Fsp3) is 0.294. The molecule has 0 heterocycles. The van der Waals surface area contributed by atoms with Crippen molar-refractivity contribution in [3.8, 4) is 5.75 Å². The molecule has 0 saturated heterocycles. The van der Waals surface area contributed by atoms with Gasteiger partial charge in [0.1, 0.15) is 10.6 Å². The van der Waals surface area contributed by atoms with Crippen molar-refractivity contribution in [2.24, 2.45) is 0 Å². The van der Waals surface area contributed by atoms with Crippen LogP contribution in [0.3, 0.4) is 0 Å². The maximum absolute atomic E-state index is 12.4. The standard InChI is InChI=1S/C17H20BrNO3S/c1-3-13-4-6-14(7-5-13)10-11-19-23(20,21)17-12-15(18)8-9-16(17)22-2/h4-9,12,19H,3,10-11H2,1-2H3. The molecule has 0 amide bonds. The number of hydrogen-bond acceptors (Lipinski definition) is 3. The Morgan fingerprint density at radius 2 is 1.74 bits per heavy atom. The summed E-state index contributed by atoms with van der Waals surface area (Å²) in [6.45, 7) is 2.44. The Labute approximate surface area is 146 Å². The molecule has 0 aliphatic rings. The Hall–Kier alpha value is -1.37. The van der Waals surface area contributed by atoms with Crippen LogP contribution in [0.5, 0.6) is 5.75 Å². The molecule has 0 radical (unpaired) electrons. The van der Waals surface area contributed by atoms with E-state index in [0.717, 1.165) is 12.0 Å². The van der Waals surface area contributed by atoms with E-state index in [1.807, 2.05) is 12.1 Å². The third-order valence-corrected chi connectivity index (χ3v) is 5.53. The van der Waals surface area contributed by atoms with E-state index in [1.54, 1.807) is 12.1 Å². The van der Waals surface area contributed by atoms with Gasteiger partial charge in [0.15, 0.2) is 0 Å². The van der Waals surface area contributed by atoms with Crippen LogP contribution in [0.2, 0.25) is 0 Å². The van der Waals surface area contributed by atoms with E-state index in [0.29, 0.717) is 23.2 Å². The van der Waals surface area contributed by atoms with Gasteiger partial charge in [0.25, 0.3) is 0 Å². The second kappa shape index (κ2) is 7.95. The average molecular weight is 398 g/mol. The van der Waals surface area contributed by atoms with Crippen molar-refractivity contribution in [2.75, 3.05) is 13.7 Å². The molecule has 2 rings (SSSR count). The normalized spacial score (nSPS) is 11.4. The number of ether oxygens (including phenoxy) is 1. The molecular weight excluding hydrogens is 378 g/mol. The number of hydrogen-bond donors (Lipinski definition) is 1. The van der Waals surface area contributed by atoms with Crippen LogP contribution in [-0.2, 0) is 22.9 Å². The first-order valence-corrected chi connectivity index (χ1v) is 9.65. The van der Waals surface area contributed by atoms with Gasteiger partial charge >= 0.3 is 0 Å². The van der Waals surface area contributed by atoms with E-state index in [-0.39, 0.29) is 4.90 Å². The maximum atomic E-state index is 12.4. The highest BCUT2D eigenvalue weighted by Gasteiger charge is 2.19. The Bertz CT molecular complexity index is 758. The minimum atomic E-state index is -3.61. The number of benzene rings is 2. The maximum Gasteiger partial charge on any atom is 0.244 e. The largest absolute Gasteiger partial charge is 0.495 e. The number of aryl methyl sites for hydroxylation is 1. The molecule has 6 heteroatoms. The summed E-state index contributed by atoms with van der Waals surface area (Å²) in [6.07, 6.45) is 1.63. The van der Waals surface area contributed by atoms with Crippen molar-refractivity contribution >= 4 is 26.0 Å². The number of sulfonamides is 1. The molecule has 0 aliphatic heterocycles. The third kappa shape index (κ3) is 4.80. The van der Waals surface area contributed by atoms with Gasteiger partial charge in [-0.3, -0.25) is 0 Å². The summed E-state index contributed by atoms with van der Waals surface area (Å²) in [4.78, 5) is 0.135. The molecule has 4 nitrogen and oxygen atoms in total. The summed E-state index contributed by atoms with van der Waals surface area (Å²) >= 11 is 3.29. The van der Waals surface area contributed by atoms with E-state index < -0.39 is 10.0 Å². The molecule has 2 aromatic carbocycles. The molecule has 0 spiro atoms. The van der Waals surface area contributed by atoms with Crippen LogP contribution in [0.4, 0.5) is 0 Å². The molecule has 0 aromatic heterocycles. The highest BCUT2D eigenvalue weighted by atomic mass is 79.9. The first-order chi connectivity index (χ1) is 11.0. The van der Waals surface area contributed by atoms with E-state index in [2.05, 4.69) is 39.7 Å². The molecule has 0 fully saturated rings. The quantitative estimate of drug-likeness (QED) is 0.776. The zero-order chi connectivity index (χ0) is 16.9. The van der Waals surface area contributed by atoms with Crippen LogP contribution < -0.4 is 9.46 Å². The van der Waals surface area contributed by atoms with Crippen molar-refractivity contribution in [2.45, 2.75) is 24.7 Å². The van der Waals surface area contributed by atoms with Gasteiger partial charge in [-0.25, -0.2) is 13.1 Å². The monoisotopic (exact) mass is 397 g/mol. The van der Waals surface area contributed by atoms with E-state index in [9.17, 15) is 8.42 Å². The van der Waals surface area contributed by atoms with Gasteiger partial charge in [-0.2, -0.15) is 0 Å². The van der Waals surface area contributed by atoms with Crippen molar-refractivity contribution in [1.29, 1.82) is 0 Å². The van der Waals surface area contributed by atoms with E-state index >= 15 is 0 Å². The topological polar surface area (TPSA) is 55.4 Å². The Balaban J connectivity index is 2.05. The van der Waals surface area contributed by atoms with E-state index in [4.69, 9.17) is 4.74 Å². The molecule has 23 heavy (non-hydrogen) atoms. The van der Waals surface area contributed by atoms with Gasteiger partial charge in [-0.15, -0.1) is 0 Å². The van der Waals surface area contributed by atoms with E-state index in [1.165, 1.54) is 18.7 Å². The van der Waals surface area contributed by atoms with Crippen LogP contribution in [0.15, 0.2) is 51.8 Å². The third-order valence-electron chi connectivity index (χ3n) is 3.55. The van der Waals surface area contributed by atoms with Crippen molar-refractivity contribution in [3.63, 3.8) is 0 Å². The van der Waals surface area contributed by atoms with Gasteiger partial charge in [0, 0.05) is 11.0 Å². The summed E-state index contributed by atoms with van der Waals surface area (Å²) in [7, 11) is -2.16. The molecule has 124 valence electrons. The number of nitrogens with one attached hydrogen (secondary N) is 1. The van der Waals surface area contributed by atoms with Crippen LogP contribution in [-0.4, -0.2) is 22.1 Å². The van der Waals surface area contributed by atoms with Crippen LogP contribution in [0, 0.1) is 0 Å². The average Bonchev–Trinajstić information content (AvgIpc) is 2.55. The van der Waals surface area contributed by atoms with Gasteiger partial charge in [-0.1, -0.05) is 47.1 Å². The summed E-state index contributed by atoms with van der Waals surface area (Å²) in [6, 6.07) is 13.1.